The summed E-state index contributed by atoms with van der Waals surface area (Å²) >= 11 is 8.10. The van der Waals surface area contributed by atoms with Gasteiger partial charge in [0, 0.05) is 18.2 Å². The van der Waals surface area contributed by atoms with Crippen molar-refractivity contribution in [3.8, 4) is 0 Å². The van der Waals surface area contributed by atoms with Crippen molar-refractivity contribution in [2.45, 2.75) is 38.6 Å². The van der Waals surface area contributed by atoms with Gasteiger partial charge in [-0.05, 0) is 36.6 Å². The van der Waals surface area contributed by atoms with E-state index in [1.807, 2.05) is 11.8 Å². The fourth-order valence-electron chi connectivity index (χ4n) is 1.98. The van der Waals surface area contributed by atoms with Crippen molar-refractivity contribution in [3.63, 3.8) is 0 Å². The zero-order valence-electron chi connectivity index (χ0n) is 8.95. The summed E-state index contributed by atoms with van der Waals surface area (Å²) in [5.74, 6) is 3.48. The standard InChI is InChI=1S/C10H16ClN3S/c1-2-4-9-12-13-10(11)14(9)8-5-3-6-15-7-8/h8H,2-7H2,1H3. The van der Waals surface area contributed by atoms with Crippen LogP contribution in [0.1, 0.15) is 38.1 Å². The SMILES string of the molecule is CCCc1nnc(Cl)n1C1CCCSC1. The average molecular weight is 246 g/mol. The van der Waals surface area contributed by atoms with Gasteiger partial charge in [-0.15, -0.1) is 10.2 Å². The fourth-order valence-corrected chi connectivity index (χ4v) is 3.38. The molecule has 5 heteroatoms. The Morgan fingerprint density at radius 2 is 2.40 bits per heavy atom. The van der Waals surface area contributed by atoms with Gasteiger partial charge in [-0.3, -0.25) is 4.57 Å². The van der Waals surface area contributed by atoms with E-state index >= 15 is 0 Å². The highest BCUT2D eigenvalue weighted by Gasteiger charge is 2.21. The van der Waals surface area contributed by atoms with Crippen molar-refractivity contribution in [3.05, 3.63) is 11.1 Å². The lowest BCUT2D eigenvalue weighted by Crippen LogP contribution is -2.18. The minimum atomic E-state index is 0.507. The van der Waals surface area contributed by atoms with Crippen molar-refractivity contribution in [1.82, 2.24) is 14.8 Å². The predicted octanol–water partition coefficient (Wildman–Crippen LogP) is 2.95. The van der Waals surface area contributed by atoms with E-state index < -0.39 is 0 Å². The van der Waals surface area contributed by atoms with Gasteiger partial charge in [-0.25, -0.2) is 0 Å². The Bertz CT molecular complexity index is 320. The largest absolute Gasteiger partial charge is 0.298 e. The molecule has 3 nitrogen and oxygen atoms in total. The van der Waals surface area contributed by atoms with Crippen molar-refractivity contribution in [2.24, 2.45) is 0 Å². The van der Waals surface area contributed by atoms with Crippen LogP contribution in [0.15, 0.2) is 0 Å². The molecular formula is C10H16ClN3S. The van der Waals surface area contributed by atoms with Crippen molar-refractivity contribution < 1.29 is 0 Å². The first-order valence-electron chi connectivity index (χ1n) is 5.50. The first-order chi connectivity index (χ1) is 7.33. The van der Waals surface area contributed by atoms with Crippen LogP contribution >= 0.6 is 23.4 Å². The molecule has 2 rings (SSSR count). The van der Waals surface area contributed by atoms with E-state index in [0.717, 1.165) is 24.4 Å². The number of halogens is 1. The quantitative estimate of drug-likeness (QED) is 0.821. The normalized spacial score (nSPS) is 21.9. The molecule has 0 radical (unpaired) electrons. The van der Waals surface area contributed by atoms with Crippen molar-refractivity contribution in [1.29, 1.82) is 0 Å². The van der Waals surface area contributed by atoms with Gasteiger partial charge in [0.05, 0.1) is 0 Å². The van der Waals surface area contributed by atoms with Crippen molar-refractivity contribution >= 4 is 23.4 Å². The Balaban J connectivity index is 2.19. The highest BCUT2D eigenvalue weighted by molar-refractivity contribution is 7.99. The van der Waals surface area contributed by atoms with Gasteiger partial charge in [0.2, 0.25) is 5.28 Å². The Hall–Kier alpha value is -0.220. The minimum Gasteiger partial charge on any atom is -0.298 e. The summed E-state index contributed by atoms with van der Waals surface area (Å²) in [6.45, 7) is 2.16. The van der Waals surface area contributed by atoms with E-state index in [4.69, 9.17) is 11.6 Å². The maximum absolute atomic E-state index is 6.09. The van der Waals surface area contributed by atoms with Crippen molar-refractivity contribution in [2.75, 3.05) is 11.5 Å². The molecule has 1 unspecified atom stereocenters. The van der Waals surface area contributed by atoms with Crippen LogP contribution in [0.2, 0.25) is 5.28 Å². The Kier molecular flexibility index (Phi) is 3.92. The average Bonchev–Trinajstić information content (AvgIpc) is 2.62. The molecule has 84 valence electrons. The van der Waals surface area contributed by atoms with Crippen LogP contribution in [0.25, 0.3) is 0 Å². The monoisotopic (exact) mass is 245 g/mol. The van der Waals surface area contributed by atoms with Crippen LogP contribution in [0.5, 0.6) is 0 Å². The molecule has 0 saturated carbocycles. The molecule has 0 aliphatic carbocycles. The van der Waals surface area contributed by atoms with Gasteiger partial charge in [0.15, 0.2) is 0 Å². The summed E-state index contributed by atoms with van der Waals surface area (Å²) in [6, 6.07) is 0.507. The maximum atomic E-state index is 6.09. The molecule has 2 heterocycles. The number of aryl methyl sites for hydroxylation is 1. The molecule has 0 spiro atoms. The minimum absolute atomic E-state index is 0.507. The van der Waals surface area contributed by atoms with Crippen LogP contribution in [-0.4, -0.2) is 26.3 Å². The number of hydrogen-bond acceptors (Lipinski definition) is 3. The molecule has 1 aliphatic heterocycles. The number of nitrogens with zero attached hydrogens (tertiary/aromatic N) is 3. The van der Waals surface area contributed by atoms with E-state index in [-0.39, 0.29) is 0 Å². The molecule has 1 saturated heterocycles. The van der Waals surface area contributed by atoms with Crippen LogP contribution < -0.4 is 0 Å². The van der Waals surface area contributed by atoms with Crippen LogP contribution in [0.4, 0.5) is 0 Å². The molecule has 1 aromatic heterocycles. The van der Waals surface area contributed by atoms with Crippen LogP contribution in [0, 0.1) is 0 Å². The lowest BCUT2D eigenvalue weighted by Gasteiger charge is -2.24. The van der Waals surface area contributed by atoms with Crippen LogP contribution in [-0.2, 0) is 6.42 Å². The lowest BCUT2D eigenvalue weighted by molar-refractivity contribution is 0.480. The van der Waals surface area contributed by atoms with E-state index in [0.29, 0.717) is 11.3 Å². The van der Waals surface area contributed by atoms with E-state index in [1.54, 1.807) is 0 Å². The summed E-state index contributed by atoms with van der Waals surface area (Å²) in [5, 5.41) is 8.69. The number of rotatable bonds is 3. The first-order valence-corrected chi connectivity index (χ1v) is 7.03. The Morgan fingerprint density at radius 1 is 1.53 bits per heavy atom. The van der Waals surface area contributed by atoms with Gasteiger partial charge >= 0.3 is 0 Å². The van der Waals surface area contributed by atoms with E-state index in [2.05, 4.69) is 21.7 Å². The fraction of sp³-hybridized carbons (Fsp3) is 0.800. The molecule has 0 aromatic carbocycles. The zero-order chi connectivity index (χ0) is 10.7. The smallest absolute Gasteiger partial charge is 0.225 e. The van der Waals surface area contributed by atoms with Gasteiger partial charge < -0.3 is 0 Å². The lowest BCUT2D eigenvalue weighted by atomic mass is 10.2. The summed E-state index contributed by atoms with van der Waals surface area (Å²) in [6.07, 6.45) is 4.55. The predicted molar refractivity (Wildman–Crippen MR) is 64.6 cm³/mol. The van der Waals surface area contributed by atoms with Gasteiger partial charge in [-0.1, -0.05) is 6.92 Å². The molecule has 1 aliphatic rings. The molecule has 0 bridgehead atoms. The van der Waals surface area contributed by atoms with Gasteiger partial charge in [0.25, 0.3) is 0 Å². The first kappa shape index (κ1) is 11.3. The Labute approximate surface area is 99.6 Å². The highest BCUT2D eigenvalue weighted by Crippen LogP contribution is 2.30. The third kappa shape index (κ3) is 2.48. The second kappa shape index (κ2) is 5.21. The second-order valence-electron chi connectivity index (χ2n) is 3.88. The summed E-state index contributed by atoms with van der Waals surface area (Å²) in [7, 11) is 0. The van der Waals surface area contributed by atoms with Crippen LogP contribution in [0.3, 0.4) is 0 Å². The molecule has 0 N–H and O–H groups in total. The number of thioether (sulfide) groups is 1. The molecule has 0 amide bonds. The molecule has 1 aromatic rings. The van der Waals surface area contributed by atoms with Gasteiger partial charge in [-0.2, -0.15) is 11.8 Å². The molecule has 1 atom stereocenters. The molecular weight excluding hydrogens is 230 g/mol. The molecule has 15 heavy (non-hydrogen) atoms. The summed E-state index contributed by atoms with van der Waals surface area (Å²) < 4.78 is 2.14. The summed E-state index contributed by atoms with van der Waals surface area (Å²) in [4.78, 5) is 0. The number of hydrogen-bond donors (Lipinski definition) is 0. The second-order valence-corrected chi connectivity index (χ2v) is 5.36. The summed E-state index contributed by atoms with van der Waals surface area (Å²) in [5.41, 5.74) is 0. The Morgan fingerprint density at radius 3 is 3.07 bits per heavy atom. The number of aromatic nitrogens is 3. The van der Waals surface area contributed by atoms with E-state index in [1.165, 1.54) is 18.6 Å². The molecule has 1 fully saturated rings. The topological polar surface area (TPSA) is 30.7 Å². The third-order valence-corrected chi connectivity index (χ3v) is 4.16. The van der Waals surface area contributed by atoms with E-state index in [9.17, 15) is 0 Å². The van der Waals surface area contributed by atoms with Gasteiger partial charge in [0.1, 0.15) is 5.82 Å². The highest BCUT2D eigenvalue weighted by atomic mass is 35.5. The maximum Gasteiger partial charge on any atom is 0.225 e. The zero-order valence-corrected chi connectivity index (χ0v) is 10.5. The third-order valence-electron chi connectivity index (χ3n) is 2.70.